The molecule has 0 aliphatic heterocycles. The van der Waals surface area contributed by atoms with Crippen LogP contribution < -0.4 is 11.2 Å². The van der Waals surface area contributed by atoms with E-state index in [9.17, 15) is 9.59 Å². The van der Waals surface area contributed by atoms with Gasteiger partial charge >= 0.3 is 5.69 Å². The number of rotatable bonds is 4. The molecule has 182 valence electrons. The number of aryl methyl sites for hydroxylation is 1. The Bertz CT molecular complexity index is 1970. The Morgan fingerprint density at radius 1 is 1.05 bits per heavy atom. The maximum atomic E-state index is 13.7. The Morgan fingerprint density at radius 3 is 2.73 bits per heavy atom. The highest BCUT2D eigenvalue weighted by Crippen LogP contribution is 2.47. The van der Waals surface area contributed by atoms with Crippen LogP contribution in [0.2, 0.25) is 5.02 Å². The lowest BCUT2D eigenvalue weighted by Crippen LogP contribution is -2.33. The van der Waals surface area contributed by atoms with E-state index < -0.39 is 5.69 Å². The van der Waals surface area contributed by atoms with Crippen molar-refractivity contribution in [2.75, 3.05) is 0 Å². The fourth-order valence-electron chi connectivity index (χ4n) is 5.00. The number of nitrogens with zero attached hydrogens (tertiary/aromatic N) is 4. The highest BCUT2D eigenvalue weighted by molar-refractivity contribution is 7.22. The Morgan fingerprint density at radius 2 is 1.89 bits per heavy atom. The average molecular weight is 526 g/mol. The second kappa shape index (κ2) is 8.26. The lowest BCUT2D eigenvalue weighted by Gasteiger charge is -2.10. The van der Waals surface area contributed by atoms with Crippen molar-refractivity contribution in [2.45, 2.75) is 18.8 Å². The average Bonchev–Trinajstić information content (AvgIpc) is 3.54. The molecule has 1 aliphatic rings. The van der Waals surface area contributed by atoms with Crippen LogP contribution in [0.1, 0.15) is 24.5 Å². The van der Waals surface area contributed by atoms with E-state index in [1.165, 1.54) is 11.3 Å². The second-order valence-corrected chi connectivity index (χ2v) is 10.8. The second-order valence-electron chi connectivity index (χ2n) is 9.34. The number of aromatic amines is 1. The van der Waals surface area contributed by atoms with Gasteiger partial charge in [0.25, 0.3) is 5.56 Å². The molecular weight excluding hydrogens is 506 g/mol. The van der Waals surface area contributed by atoms with E-state index >= 15 is 0 Å². The van der Waals surface area contributed by atoms with Gasteiger partial charge in [0.05, 0.1) is 23.1 Å². The number of halogens is 1. The van der Waals surface area contributed by atoms with E-state index in [1.807, 2.05) is 66.5 Å². The highest BCUT2D eigenvalue weighted by atomic mass is 35.5. The fourth-order valence-corrected chi connectivity index (χ4v) is 6.45. The van der Waals surface area contributed by atoms with E-state index in [0.29, 0.717) is 26.8 Å². The summed E-state index contributed by atoms with van der Waals surface area (Å²) in [5.41, 5.74) is 3.96. The van der Waals surface area contributed by atoms with E-state index in [-0.39, 0.29) is 5.56 Å². The predicted octanol–water partition coefficient (Wildman–Crippen LogP) is 5.89. The number of benzene rings is 2. The molecule has 37 heavy (non-hydrogen) atoms. The molecule has 0 bridgehead atoms. The molecule has 0 spiro atoms. The maximum absolute atomic E-state index is 13.7. The minimum atomic E-state index is -0.511. The molecule has 0 saturated heterocycles. The molecule has 7 rings (SSSR count). The van der Waals surface area contributed by atoms with Crippen molar-refractivity contribution in [3.63, 3.8) is 0 Å². The third-order valence-electron chi connectivity index (χ3n) is 6.83. The van der Waals surface area contributed by atoms with Gasteiger partial charge in [-0.15, -0.1) is 11.3 Å². The summed E-state index contributed by atoms with van der Waals surface area (Å²) < 4.78 is 3.45. The van der Waals surface area contributed by atoms with Crippen molar-refractivity contribution in [3.8, 4) is 27.3 Å². The number of nitrogens with one attached hydrogen (secondary N) is 1. The molecule has 6 aromatic rings. The lowest BCUT2D eigenvalue weighted by atomic mass is 9.97. The third-order valence-corrected chi connectivity index (χ3v) is 8.29. The molecule has 4 aromatic heterocycles. The minimum absolute atomic E-state index is 0.387. The molecule has 0 atom stereocenters. The lowest BCUT2D eigenvalue weighted by molar-refractivity contribution is 0.744. The minimum Gasteiger partial charge on any atom is -0.306 e. The normalized spacial score (nSPS) is 13.6. The van der Waals surface area contributed by atoms with Crippen molar-refractivity contribution >= 4 is 43.9 Å². The van der Waals surface area contributed by atoms with Gasteiger partial charge in [0.1, 0.15) is 4.70 Å². The molecule has 1 fully saturated rings. The van der Waals surface area contributed by atoms with Crippen LogP contribution in [0, 0.1) is 0 Å². The molecule has 2 aromatic carbocycles. The molecule has 0 radical (unpaired) electrons. The Labute approximate surface area is 219 Å². The van der Waals surface area contributed by atoms with E-state index in [2.05, 4.69) is 9.97 Å². The zero-order valence-corrected chi connectivity index (χ0v) is 21.3. The number of H-pyrrole nitrogens is 1. The van der Waals surface area contributed by atoms with Crippen LogP contribution in [0.3, 0.4) is 0 Å². The van der Waals surface area contributed by atoms with Crippen LogP contribution in [0.25, 0.3) is 48.2 Å². The maximum Gasteiger partial charge on any atom is 0.333 e. The summed E-state index contributed by atoms with van der Waals surface area (Å²) in [5.74, 6) is 0.461. The zero-order valence-electron chi connectivity index (χ0n) is 19.7. The molecule has 1 aliphatic carbocycles. The smallest absolute Gasteiger partial charge is 0.306 e. The summed E-state index contributed by atoms with van der Waals surface area (Å²) in [6.07, 6.45) is 7.55. The van der Waals surface area contributed by atoms with Crippen LogP contribution in [-0.2, 0) is 7.05 Å². The first-order chi connectivity index (χ1) is 18.0. The largest absolute Gasteiger partial charge is 0.333 e. The fraction of sp³-hybridized carbons (Fsp3) is 0.143. The first kappa shape index (κ1) is 22.2. The van der Waals surface area contributed by atoms with Gasteiger partial charge in [-0.1, -0.05) is 48.0 Å². The standard InChI is InChI=1S/C28H20ClN5O2S/c1-33-14-19(25(32-33)15-9-10-15)18-7-4-8-20(29)24(18)23-11-21-26(37-23)27(35)34(28(36)31-21)22-13-30-12-16-5-2-3-6-17(16)22/h2-8,11-15H,9-10H2,1H3,(H,31,36). The van der Waals surface area contributed by atoms with Gasteiger partial charge in [0.15, 0.2) is 0 Å². The van der Waals surface area contributed by atoms with Crippen molar-refractivity contribution in [2.24, 2.45) is 7.05 Å². The van der Waals surface area contributed by atoms with Crippen molar-refractivity contribution < 1.29 is 0 Å². The Balaban J connectivity index is 1.45. The predicted molar refractivity (Wildman–Crippen MR) is 148 cm³/mol. The summed E-state index contributed by atoms with van der Waals surface area (Å²) in [4.78, 5) is 34.9. The third kappa shape index (κ3) is 3.55. The molecule has 7 nitrogen and oxygen atoms in total. The molecule has 0 unspecified atom stereocenters. The van der Waals surface area contributed by atoms with Gasteiger partial charge in [0.2, 0.25) is 0 Å². The molecule has 4 heterocycles. The summed E-state index contributed by atoms with van der Waals surface area (Å²) in [7, 11) is 1.92. The SMILES string of the molecule is Cn1cc(-c2cccc(Cl)c2-c2cc3[nH]c(=O)n(-c4cncc5ccccc45)c(=O)c3s2)c(C2CC2)n1. The number of fused-ring (bicyclic) bond motifs is 2. The first-order valence-corrected chi connectivity index (χ1v) is 13.1. The topological polar surface area (TPSA) is 85.6 Å². The zero-order chi connectivity index (χ0) is 25.3. The van der Waals surface area contributed by atoms with Crippen LogP contribution >= 0.6 is 22.9 Å². The molecule has 1 N–H and O–H groups in total. The van der Waals surface area contributed by atoms with E-state index in [4.69, 9.17) is 16.7 Å². The summed E-state index contributed by atoms with van der Waals surface area (Å²) in [6.45, 7) is 0. The number of pyridine rings is 1. The first-order valence-electron chi connectivity index (χ1n) is 11.9. The summed E-state index contributed by atoms with van der Waals surface area (Å²) in [6, 6.07) is 15.2. The number of hydrogen-bond acceptors (Lipinski definition) is 5. The quantitative estimate of drug-likeness (QED) is 0.311. The van der Waals surface area contributed by atoms with Crippen molar-refractivity contribution in [1.82, 2.24) is 24.3 Å². The van der Waals surface area contributed by atoms with Gasteiger partial charge in [-0.3, -0.25) is 14.5 Å². The molecule has 0 amide bonds. The van der Waals surface area contributed by atoms with Crippen LogP contribution in [0.4, 0.5) is 0 Å². The summed E-state index contributed by atoms with van der Waals surface area (Å²) in [5, 5.41) is 6.93. The highest BCUT2D eigenvalue weighted by Gasteiger charge is 2.30. The summed E-state index contributed by atoms with van der Waals surface area (Å²) >= 11 is 8.10. The van der Waals surface area contributed by atoms with Gasteiger partial charge in [-0.2, -0.15) is 5.10 Å². The van der Waals surface area contributed by atoms with Crippen molar-refractivity contribution in [3.05, 3.63) is 98.7 Å². The molecular formula is C28H20ClN5O2S. The van der Waals surface area contributed by atoms with Crippen molar-refractivity contribution in [1.29, 1.82) is 0 Å². The van der Waals surface area contributed by atoms with Crippen LogP contribution in [0.15, 0.2) is 76.7 Å². The Hall–Kier alpha value is -4.01. The van der Waals surface area contributed by atoms with Gasteiger partial charge in [-0.05, 0) is 30.5 Å². The van der Waals surface area contributed by atoms with Crippen LogP contribution in [-0.4, -0.2) is 24.3 Å². The van der Waals surface area contributed by atoms with Gasteiger partial charge in [0, 0.05) is 57.2 Å². The Kier molecular flexibility index (Phi) is 4.96. The van der Waals surface area contributed by atoms with Gasteiger partial charge in [-0.25, -0.2) is 9.36 Å². The number of aromatic nitrogens is 5. The van der Waals surface area contributed by atoms with E-state index in [0.717, 1.165) is 55.4 Å². The molecule has 1 saturated carbocycles. The van der Waals surface area contributed by atoms with Gasteiger partial charge < -0.3 is 4.98 Å². The van der Waals surface area contributed by atoms with Crippen LogP contribution in [0.5, 0.6) is 0 Å². The monoisotopic (exact) mass is 525 g/mol. The van der Waals surface area contributed by atoms with E-state index in [1.54, 1.807) is 12.4 Å². The molecule has 9 heteroatoms. The number of hydrogen-bond donors (Lipinski definition) is 1. The number of thiophene rings is 1.